The lowest BCUT2D eigenvalue weighted by Crippen LogP contribution is -2.32. The summed E-state index contributed by atoms with van der Waals surface area (Å²) in [5.74, 6) is 0.228. The molecule has 0 spiro atoms. The van der Waals surface area contributed by atoms with Crippen molar-refractivity contribution in [3.05, 3.63) is 0 Å². The summed E-state index contributed by atoms with van der Waals surface area (Å²) < 4.78 is 0. The van der Waals surface area contributed by atoms with Crippen molar-refractivity contribution in [1.82, 2.24) is 5.32 Å². The summed E-state index contributed by atoms with van der Waals surface area (Å²) in [5, 5.41) is 2.51. The van der Waals surface area contributed by atoms with Gasteiger partial charge in [0, 0.05) is 0 Å². The van der Waals surface area contributed by atoms with Gasteiger partial charge in [-0.25, -0.2) is 4.99 Å². The van der Waals surface area contributed by atoms with E-state index in [9.17, 15) is 4.79 Å². The van der Waals surface area contributed by atoms with Gasteiger partial charge >= 0.3 is 0 Å². The van der Waals surface area contributed by atoms with Crippen molar-refractivity contribution in [2.75, 3.05) is 0 Å². The van der Waals surface area contributed by atoms with Crippen LogP contribution in [0.5, 0.6) is 0 Å². The first-order valence-corrected chi connectivity index (χ1v) is 5.38. The fraction of sp³-hybridized carbons (Fsp3) is 0.800. The Morgan fingerprint density at radius 2 is 2.07 bits per heavy atom. The molecule has 0 aromatic rings. The summed E-state index contributed by atoms with van der Waals surface area (Å²) in [4.78, 5) is 15.2. The van der Waals surface area contributed by atoms with Crippen LogP contribution in [0.3, 0.4) is 0 Å². The molecule has 3 N–H and O–H groups in total. The molecule has 1 unspecified atom stereocenters. The first kappa shape index (κ1) is 11.0. The minimum Gasteiger partial charge on any atom is -0.370 e. The van der Waals surface area contributed by atoms with E-state index in [1.165, 1.54) is 25.7 Å². The van der Waals surface area contributed by atoms with Gasteiger partial charge in [0.15, 0.2) is 5.96 Å². The van der Waals surface area contributed by atoms with Gasteiger partial charge in [0.05, 0.1) is 0 Å². The SMILES string of the molecule is CCCCCCCC1N=C(N)NC1=O. The maximum atomic E-state index is 11.2. The number of nitrogens with two attached hydrogens (primary N) is 1. The third-order valence-electron chi connectivity index (χ3n) is 2.43. The van der Waals surface area contributed by atoms with E-state index in [1.54, 1.807) is 0 Å². The second kappa shape index (κ2) is 5.62. The highest BCUT2D eigenvalue weighted by Crippen LogP contribution is 2.11. The quantitative estimate of drug-likeness (QED) is 0.627. The Hall–Kier alpha value is -1.06. The molecule has 1 aliphatic rings. The Morgan fingerprint density at radius 3 is 2.64 bits per heavy atom. The monoisotopic (exact) mass is 197 g/mol. The van der Waals surface area contributed by atoms with Crippen LogP contribution in [0.4, 0.5) is 0 Å². The predicted molar refractivity (Wildman–Crippen MR) is 56.9 cm³/mol. The predicted octanol–water partition coefficient (Wildman–Crippen LogP) is 1.16. The van der Waals surface area contributed by atoms with Crippen LogP contribution in [-0.2, 0) is 4.79 Å². The van der Waals surface area contributed by atoms with Crippen molar-refractivity contribution in [2.45, 2.75) is 51.5 Å². The Labute approximate surface area is 85.0 Å². The molecule has 0 radical (unpaired) electrons. The molecule has 80 valence electrons. The molecule has 0 bridgehead atoms. The Bertz CT molecular complexity index is 225. The van der Waals surface area contributed by atoms with Gasteiger partial charge in [0.25, 0.3) is 5.91 Å². The first-order chi connectivity index (χ1) is 6.74. The number of guanidine groups is 1. The lowest BCUT2D eigenvalue weighted by molar-refractivity contribution is -0.120. The highest BCUT2D eigenvalue weighted by Gasteiger charge is 2.23. The molecule has 0 aromatic carbocycles. The second-order valence-corrected chi connectivity index (χ2v) is 3.72. The van der Waals surface area contributed by atoms with Crippen LogP contribution in [0.15, 0.2) is 4.99 Å². The average Bonchev–Trinajstić information content (AvgIpc) is 2.45. The number of amides is 1. The fourth-order valence-electron chi connectivity index (χ4n) is 1.61. The molecule has 1 aliphatic heterocycles. The third kappa shape index (κ3) is 3.36. The summed E-state index contributed by atoms with van der Waals surface area (Å²) in [6, 6.07) is -0.225. The molecule has 0 aliphatic carbocycles. The molecule has 14 heavy (non-hydrogen) atoms. The van der Waals surface area contributed by atoms with Gasteiger partial charge in [-0.05, 0) is 6.42 Å². The highest BCUT2D eigenvalue weighted by molar-refractivity contribution is 6.04. The molecule has 1 amide bonds. The van der Waals surface area contributed by atoms with Crippen LogP contribution in [0.1, 0.15) is 45.4 Å². The van der Waals surface area contributed by atoms with Crippen LogP contribution in [0.2, 0.25) is 0 Å². The van der Waals surface area contributed by atoms with Crippen molar-refractivity contribution in [2.24, 2.45) is 10.7 Å². The fourth-order valence-corrected chi connectivity index (χ4v) is 1.61. The molecule has 0 saturated carbocycles. The molecular formula is C10H19N3O. The van der Waals surface area contributed by atoms with Gasteiger partial charge in [0.2, 0.25) is 0 Å². The topological polar surface area (TPSA) is 67.5 Å². The smallest absolute Gasteiger partial charge is 0.251 e. The standard InChI is InChI=1S/C10H19N3O/c1-2-3-4-5-6-7-8-9(14)13-10(11)12-8/h8H,2-7H2,1H3,(H3,11,12,13,14). The minimum absolute atomic E-state index is 0.0435. The van der Waals surface area contributed by atoms with Crippen LogP contribution >= 0.6 is 0 Å². The van der Waals surface area contributed by atoms with Crippen molar-refractivity contribution in [1.29, 1.82) is 0 Å². The average molecular weight is 197 g/mol. The summed E-state index contributed by atoms with van der Waals surface area (Å²) >= 11 is 0. The van der Waals surface area contributed by atoms with E-state index in [2.05, 4.69) is 17.2 Å². The number of carbonyl (C=O) groups is 1. The minimum atomic E-state index is -0.225. The van der Waals surface area contributed by atoms with E-state index in [-0.39, 0.29) is 17.9 Å². The number of unbranched alkanes of at least 4 members (excludes halogenated alkanes) is 4. The zero-order chi connectivity index (χ0) is 10.4. The lowest BCUT2D eigenvalue weighted by Gasteiger charge is -2.03. The van der Waals surface area contributed by atoms with Gasteiger partial charge in [-0.3, -0.25) is 10.1 Å². The third-order valence-corrected chi connectivity index (χ3v) is 2.43. The molecule has 0 aromatic heterocycles. The van der Waals surface area contributed by atoms with E-state index < -0.39 is 0 Å². The van der Waals surface area contributed by atoms with Crippen molar-refractivity contribution in [3.8, 4) is 0 Å². The highest BCUT2D eigenvalue weighted by atomic mass is 16.2. The summed E-state index contributed by atoms with van der Waals surface area (Å²) in [6.45, 7) is 2.19. The maximum Gasteiger partial charge on any atom is 0.251 e. The van der Waals surface area contributed by atoms with E-state index in [0.717, 1.165) is 12.8 Å². The Morgan fingerprint density at radius 1 is 1.36 bits per heavy atom. The van der Waals surface area contributed by atoms with Crippen LogP contribution in [-0.4, -0.2) is 17.9 Å². The number of nitrogens with zero attached hydrogens (tertiary/aromatic N) is 1. The van der Waals surface area contributed by atoms with E-state index >= 15 is 0 Å². The van der Waals surface area contributed by atoms with Crippen LogP contribution in [0, 0.1) is 0 Å². The van der Waals surface area contributed by atoms with Crippen molar-refractivity contribution >= 4 is 11.9 Å². The van der Waals surface area contributed by atoms with Gasteiger partial charge in [-0.15, -0.1) is 0 Å². The van der Waals surface area contributed by atoms with Gasteiger partial charge in [-0.2, -0.15) is 0 Å². The number of rotatable bonds is 6. The van der Waals surface area contributed by atoms with Crippen molar-refractivity contribution < 1.29 is 4.79 Å². The molecular weight excluding hydrogens is 178 g/mol. The molecule has 4 heteroatoms. The number of carbonyl (C=O) groups excluding carboxylic acids is 1. The number of hydrogen-bond acceptors (Lipinski definition) is 3. The molecule has 1 rings (SSSR count). The van der Waals surface area contributed by atoms with E-state index in [4.69, 9.17) is 5.73 Å². The van der Waals surface area contributed by atoms with Crippen LogP contribution < -0.4 is 11.1 Å². The zero-order valence-electron chi connectivity index (χ0n) is 8.75. The second-order valence-electron chi connectivity index (χ2n) is 3.72. The number of hydrogen-bond donors (Lipinski definition) is 2. The molecule has 1 heterocycles. The van der Waals surface area contributed by atoms with E-state index in [1.807, 2.05) is 0 Å². The number of nitrogens with one attached hydrogen (secondary N) is 1. The van der Waals surface area contributed by atoms with Gasteiger partial charge in [0.1, 0.15) is 6.04 Å². The molecule has 0 saturated heterocycles. The largest absolute Gasteiger partial charge is 0.370 e. The maximum absolute atomic E-state index is 11.2. The zero-order valence-corrected chi connectivity index (χ0v) is 8.75. The summed E-state index contributed by atoms with van der Waals surface area (Å²) in [5.41, 5.74) is 5.39. The molecule has 1 atom stereocenters. The Balaban J connectivity index is 2.10. The summed E-state index contributed by atoms with van der Waals surface area (Å²) in [7, 11) is 0. The number of aliphatic imine (C=N–C) groups is 1. The lowest BCUT2D eigenvalue weighted by atomic mass is 10.1. The molecule has 4 nitrogen and oxygen atoms in total. The van der Waals surface area contributed by atoms with Gasteiger partial charge in [-0.1, -0.05) is 39.0 Å². The normalized spacial score (nSPS) is 20.8. The summed E-state index contributed by atoms with van der Waals surface area (Å²) in [6.07, 6.45) is 6.86. The first-order valence-electron chi connectivity index (χ1n) is 5.38. The van der Waals surface area contributed by atoms with E-state index in [0.29, 0.717) is 0 Å². The van der Waals surface area contributed by atoms with Gasteiger partial charge < -0.3 is 5.73 Å². The van der Waals surface area contributed by atoms with Crippen molar-refractivity contribution in [3.63, 3.8) is 0 Å². The Kier molecular flexibility index (Phi) is 4.43. The van der Waals surface area contributed by atoms with Crippen LogP contribution in [0.25, 0.3) is 0 Å². The molecule has 0 fully saturated rings.